The molecule has 0 atom stereocenters. The Morgan fingerprint density at radius 1 is 1.57 bits per heavy atom. The molecule has 0 aliphatic carbocycles. The third-order valence-corrected chi connectivity index (χ3v) is 1.71. The molecular weight excluding hydrogens is 135 g/mol. The van der Waals surface area contributed by atoms with E-state index in [1.165, 1.54) is 16.7 Å². The molecule has 0 fully saturated rings. The van der Waals surface area contributed by atoms with E-state index in [-0.39, 0.29) is 10.8 Å². The molecule has 0 radical (unpaired) electrons. The highest BCUT2D eigenvalue weighted by Crippen LogP contribution is 2.17. The standard InChI is InChI=1S/C4H2ClFS/c5-3-1-7-2-4(3)6/h1-2H. The Labute approximate surface area is 49.5 Å². The van der Waals surface area contributed by atoms with Crippen LogP contribution in [0.2, 0.25) is 5.02 Å². The van der Waals surface area contributed by atoms with Crippen molar-refractivity contribution >= 4 is 22.9 Å². The number of rotatable bonds is 0. The number of thiophene rings is 1. The lowest BCUT2D eigenvalue weighted by atomic mass is 10.6. The lowest BCUT2D eigenvalue weighted by Gasteiger charge is -1.72. The first-order valence-electron chi connectivity index (χ1n) is 1.68. The molecular formula is C4H2ClFS. The second kappa shape index (κ2) is 1.80. The summed E-state index contributed by atoms with van der Waals surface area (Å²) in [5.74, 6) is -0.327. The molecule has 1 aromatic rings. The molecule has 1 aromatic heterocycles. The summed E-state index contributed by atoms with van der Waals surface area (Å²) in [5, 5.41) is 3.13. The van der Waals surface area contributed by atoms with Gasteiger partial charge in [0.2, 0.25) is 0 Å². The van der Waals surface area contributed by atoms with Gasteiger partial charge in [-0.3, -0.25) is 0 Å². The molecule has 0 unspecified atom stereocenters. The van der Waals surface area contributed by atoms with E-state index in [1.807, 2.05) is 0 Å². The van der Waals surface area contributed by atoms with Gasteiger partial charge >= 0.3 is 0 Å². The Bertz CT molecular complexity index is 144. The Morgan fingerprint density at radius 3 is 2.43 bits per heavy atom. The van der Waals surface area contributed by atoms with Crippen LogP contribution < -0.4 is 0 Å². The van der Waals surface area contributed by atoms with Gasteiger partial charge in [-0.2, -0.15) is 0 Å². The van der Waals surface area contributed by atoms with Crippen molar-refractivity contribution in [1.82, 2.24) is 0 Å². The summed E-state index contributed by atoms with van der Waals surface area (Å²) in [5.41, 5.74) is 0. The highest BCUT2D eigenvalue weighted by molar-refractivity contribution is 7.08. The van der Waals surface area contributed by atoms with Gasteiger partial charge in [0.05, 0.1) is 5.02 Å². The van der Waals surface area contributed by atoms with Crippen molar-refractivity contribution in [2.45, 2.75) is 0 Å². The highest BCUT2D eigenvalue weighted by atomic mass is 35.5. The Hall–Kier alpha value is -0.0800. The van der Waals surface area contributed by atoms with Gasteiger partial charge in [-0.05, 0) is 0 Å². The van der Waals surface area contributed by atoms with Gasteiger partial charge in [-0.25, -0.2) is 4.39 Å². The minimum atomic E-state index is -0.327. The summed E-state index contributed by atoms with van der Waals surface area (Å²) in [4.78, 5) is 0. The van der Waals surface area contributed by atoms with E-state index in [2.05, 4.69) is 0 Å². The van der Waals surface area contributed by atoms with Gasteiger partial charge in [0.1, 0.15) is 0 Å². The first-order chi connectivity index (χ1) is 3.30. The summed E-state index contributed by atoms with van der Waals surface area (Å²) in [6.45, 7) is 0. The van der Waals surface area contributed by atoms with E-state index in [0.717, 1.165) is 0 Å². The predicted octanol–water partition coefficient (Wildman–Crippen LogP) is 2.54. The molecule has 0 aromatic carbocycles. The summed E-state index contributed by atoms with van der Waals surface area (Å²) < 4.78 is 12.0. The fourth-order valence-corrected chi connectivity index (χ4v) is 1.09. The second-order valence-electron chi connectivity index (χ2n) is 1.07. The average molecular weight is 137 g/mol. The first kappa shape index (κ1) is 5.06. The number of hydrogen-bond acceptors (Lipinski definition) is 1. The summed E-state index contributed by atoms with van der Waals surface area (Å²) in [6, 6.07) is 0. The number of hydrogen-bond donors (Lipinski definition) is 0. The lowest BCUT2D eigenvalue weighted by Crippen LogP contribution is -1.57. The summed E-state index contributed by atoms with van der Waals surface area (Å²) in [6.07, 6.45) is 0. The van der Waals surface area contributed by atoms with Crippen molar-refractivity contribution in [3.63, 3.8) is 0 Å². The van der Waals surface area contributed by atoms with Crippen LogP contribution >= 0.6 is 22.9 Å². The van der Waals surface area contributed by atoms with Gasteiger partial charge < -0.3 is 0 Å². The van der Waals surface area contributed by atoms with E-state index in [0.29, 0.717) is 0 Å². The minimum Gasteiger partial charge on any atom is -0.204 e. The molecule has 1 rings (SSSR count). The van der Waals surface area contributed by atoms with Crippen molar-refractivity contribution in [2.75, 3.05) is 0 Å². The Morgan fingerprint density at radius 2 is 2.29 bits per heavy atom. The van der Waals surface area contributed by atoms with E-state index in [4.69, 9.17) is 11.6 Å². The molecule has 0 saturated heterocycles. The lowest BCUT2D eigenvalue weighted by molar-refractivity contribution is 0.634. The van der Waals surface area contributed by atoms with Gasteiger partial charge in [-0.15, -0.1) is 11.3 Å². The molecule has 0 amide bonds. The van der Waals surface area contributed by atoms with E-state index >= 15 is 0 Å². The highest BCUT2D eigenvalue weighted by Gasteiger charge is 1.94. The summed E-state index contributed by atoms with van der Waals surface area (Å²) in [7, 11) is 0. The SMILES string of the molecule is Fc1cscc1Cl. The Balaban J connectivity index is 3.12. The van der Waals surface area contributed by atoms with Crippen LogP contribution in [0.4, 0.5) is 4.39 Å². The zero-order chi connectivity index (χ0) is 5.28. The normalized spacial score (nSPS) is 9.43. The molecule has 0 spiro atoms. The van der Waals surface area contributed by atoms with Crippen LogP contribution in [0.15, 0.2) is 10.8 Å². The zero-order valence-electron chi connectivity index (χ0n) is 3.32. The fraction of sp³-hybridized carbons (Fsp3) is 0. The van der Waals surface area contributed by atoms with Crippen LogP contribution in [-0.4, -0.2) is 0 Å². The van der Waals surface area contributed by atoms with E-state index < -0.39 is 0 Å². The van der Waals surface area contributed by atoms with Crippen molar-refractivity contribution < 1.29 is 4.39 Å². The van der Waals surface area contributed by atoms with Gasteiger partial charge in [0, 0.05) is 10.8 Å². The van der Waals surface area contributed by atoms with Crippen molar-refractivity contribution in [2.24, 2.45) is 0 Å². The smallest absolute Gasteiger partial charge is 0.152 e. The predicted molar refractivity (Wildman–Crippen MR) is 29.3 cm³/mol. The van der Waals surface area contributed by atoms with Gasteiger partial charge in [0.15, 0.2) is 5.82 Å². The van der Waals surface area contributed by atoms with E-state index in [1.54, 1.807) is 5.38 Å². The molecule has 0 aliphatic heterocycles. The average Bonchev–Trinajstić information content (AvgIpc) is 1.91. The van der Waals surface area contributed by atoms with Crippen LogP contribution in [0.1, 0.15) is 0 Å². The topological polar surface area (TPSA) is 0 Å². The third-order valence-electron chi connectivity index (χ3n) is 0.571. The van der Waals surface area contributed by atoms with Crippen LogP contribution in [0.25, 0.3) is 0 Å². The van der Waals surface area contributed by atoms with E-state index in [9.17, 15) is 4.39 Å². The van der Waals surface area contributed by atoms with Crippen molar-refractivity contribution in [3.8, 4) is 0 Å². The summed E-state index contributed by atoms with van der Waals surface area (Å²) >= 11 is 6.52. The molecule has 0 nitrogen and oxygen atoms in total. The van der Waals surface area contributed by atoms with Crippen LogP contribution in [-0.2, 0) is 0 Å². The quantitative estimate of drug-likeness (QED) is 0.514. The largest absolute Gasteiger partial charge is 0.204 e. The van der Waals surface area contributed by atoms with Crippen LogP contribution in [0.5, 0.6) is 0 Å². The van der Waals surface area contributed by atoms with Crippen molar-refractivity contribution in [1.29, 1.82) is 0 Å². The fourth-order valence-electron chi connectivity index (χ4n) is 0.266. The van der Waals surface area contributed by atoms with Crippen molar-refractivity contribution in [3.05, 3.63) is 21.6 Å². The number of halogens is 2. The zero-order valence-corrected chi connectivity index (χ0v) is 4.89. The maximum atomic E-state index is 12.0. The van der Waals surface area contributed by atoms with Gasteiger partial charge in [0.25, 0.3) is 0 Å². The first-order valence-corrected chi connectivity index (χ1v) is 3.00. The molecule has 0 N–H and O–H groups in total. The molecule has 1 heterocycles. The Kier molecular flexibility index (Phi) is 1.30. The molecule has 0 bridgehead atoms. The molecule has 3 heteroatoms. The maximum absolute atomic E-state index is 12.0. The monoisotopic (exact) mass is 136 g/mol. The van der Waals surface area contributed by atoms with Crippen LogP contribution in [0.3, 0.4) is 0 Å². The maximum Gasteiger partial charge on any atom is 0.152 e. The third kappa shape index (κ3) is 0.924. The molecule has 0 aliphatic rings. The minimum absolute atomic E-state index is 0.213. The molecule has 38 valence electrons. The molecule has 0 saturated carbocycles. The van der Waals surface area contributed by atoms with Crippen LogP contribution in [0, 0.1) is 5.82 Å². The molecule has 7 heavy (non-hydrogen) atoms. The second-order valence-corrected chi connectivity index (χ2v) is 2.22. The van der Waals surface area contributed by atoms with Gasteiger partial charge in [-0.1, -0.05) is 11.6 Å².